The zero-order valence-corrected chi connectivity index (χ0v) is 32.1. The van der Waals surface area contributed by atoms with E-state index in [0.717, 1.165) is 44.7 Å². The Hall–Kier alpha value is -4.75. The monoisotopic (exact) mass is 754 g/mol. The van der Waals surface area contributed by atoms with E-state index in [9.17, 15) is 0 Å². The molecule has 0 saturated heterocycles. The third kappa shape index (κ3) is 7.22. The summed E-state index contributed by atoms with van der Waals surface area (Å²) in [5.74, 6) is 8.00. The molecule has 0 aliphatic rings. The molecule has 4 N–H and O–H groups in total. The van der Waals surface area contributed by atoms with E-state index in [-0.39, 0.29) is 32.7 Å². The molecule has 0 bridgehead atoms. The molecule has 0 saturated carbocycles. The van der Waals surface area contributed by atoms with Gasteiger partial charge in [-0.15, -0.1) is 53.3 Å². The summed E-state index contributed by atoms with van der Waals surface area (Å²) in [6.45, 7) is 6.91. The van der Waals surface area contributed by atoms with E-state index < -0.39 is 0 Å². The van der Waals surface area contributed by atoms with Crippen molar-refractivity contribution in [3.63, 3.8) is 0 Å². The summed E-state index contributed by atoms with van der Waals surface area (Å²) in [5, 5.41) is 4.99. The van der Waals surface area contributed by atoms with Gasteiger partial charge in [0.25, 0.3) is 0 Å². The number of hydrazine groups is 1. The number of fused-ring (bicyclic) bond motifs is 6. The average Bonchev–Trinajstić information content (AvgIpc) is 3.72. The van der Waals surface area contributed by atoms with Crippen molar-refractivity contribution < 1.29 is 32.7 Å². The number of hydrogen-bond acceptors (Lipinski definition) is 4. The number of benzene rings is 6. The summed E-state index contributed by atoms with van der Waals surface area (Å²) in [7, 11) is 0. The molecule has 0 aliphatic heterocycles. The van der Waals surface area contributed by atoms with E-state index in [2.05, 4.69) is 162 Å². The van der Waals surface area contributed by atoms with E-state index in [1.807, 2.05) is 42.6 Å². The molecular formula is C45H37N4SY-. The molecule has 0 atom stereocenters. The largest absolute Gasteiger partial charge is 0.327 e. The number of rotatable bonds is 8. The van der Waals surface area contributed by atoms with Gasteiger partial charge in [0.1, 0.15) is 0 Å². The number of nitrogens with two attached hydrogens (primary N) is 2. The predicted molar refractivity (Wildman–Crippen MR) is 216 cm³/mol. The molecule has 0 spiro atoms. The van der Waals surface area contributed by atoms with Crippen LogP contribution >= 0.6 is 11.3 Å². The zero-order valence-electron chi connectivity index (χ0n) is 28.5. The van der Waals surface area contributed by atoms with Gasteiger partial charge in [0.05, 0.1) is 23.3 Å². The van der Waals surface area contributed by atoms with Crippen LogP contribution in [-0.4, -0.2) is 10.3 Å². The average molecular weight is 755 g/mol. The number of thiophene rings is 1. The maximum absolute atomic E-state index is 5.36. The van der Waals surface area contributed by atoms with E-state index in [1.54, 1.807) is 0 Å². The fourth-order valence-corrected chi connectivity index (χ4v) is 7.77. The molecule has 6 heteroatoms. The van der Waals surface area contributed by atoms with Crippen molar-refractivity contribution in [3.05, 3.63) is 193 Å². The number of allylic oxidation sites excluding steroid dienone is 5. The van der Waals surface area contributed by atoms with E-state index >= 15 is 0 Å². The molecule has 2 aromatic heterocycles. The van der Waals surface area contributed by atoms with Crippen molar-refractivity contribution in [2.45, 2.75) is 13.5 Å². The molecule has 0 fully saturated rings. The smallest absolute Gasteiger partial charge is 0.0723 e. The number of para-hydroxylation sites is 1. The van der Waals surface area contributed by atoms with Crippen LogP contribution in [0.25, 0.3) is 53.2 Å². The van der Waals surface area contributed by atoms with Gasteiger partial charge in [-0.05, 0) is 42.4 Å². The Bertz CT molecular complexity index is 2570. The third-order valence-corrected chi connectivity index (χ3v) is 10.1. The number of nitrogens with zero attached hydrogens (tertiary/aromatic N) is 2. The minimum atomic E-state index is 0. The molecule has 2 heterocycles. The van der Waals surface area contributed by atoms with E-state index in [1.165, 1.54) is 36.5 Å². The van der Waals surface area contributed by atoms with Crippen molar-refractivity contribution >= 4 is 64.6 Å². The first-order valence-electron chi connectivity index (χ1n) is 16.6. The summed E-state index contributed by atoms with van der Waals surface area (Å²) in [6, 6.07) is 51.1. The first kappa shape index (κ1) is 36.1. The van der Waals surface area contributed by atoms with Gasteiger partial charge >= 0.3 is 0 Å². The van der Waals surface area contributed by atoms with E-state index in [0.29, 0.717) is 6.54 Å². The van der Waals surface area contributed by atoms with Crippen LogP contribution < -0.4 is 11.7 Å². The normalized spacial score (nSPS) is 11.8. The molecule has 0 aliphatic carbocycles. The molecule has 0 amide bonds. The quantitative estimate of drug-likeness (QED) is 0.0533. The first-order chi connectivity index (χ1) is 24.7. The van der Waals surface area contributed by atoms with Crippen molar-refractivity contribution in [2.75, 3.05) is 0 Å². The van der Waals surface area contributed by atoms with Gasteiger partial charge in [-0.3, -0.25) is 16.7 Å². The Morgan fingerprint density at radius 3 is 2.25 bits per heavy atom. The van der Waals surface area contributed by atoms with Gasteiger partial charge < -0.3 is 4.57 Å². The van der Waals surface area contributed by atoms with Crippen molar-refractivity contribution in [2.24, 2.45) is 16.7 Å². The van der Waals surface area contributed by atoms with Crippen molar-refractivity contribution in [3.8, 4) is 5.69 Å². The molecule has 4 nitrogen and oxygen atoms in total. The van der Waals surface area contributed by atoms with E-state index in [4.69, 9.17) is 4.99 Å². The number of aromatic nitrogens is 1. The molecule has 247 valence electrons. The molecule has 6 aromatic carbocycles. The molecule has 51 heavy (non-hydrogen) atoms. The molecule has 8 rings (SSSR count). The second-order valence-electron chi connectivity index (χ2n) is 11.9. The molecular weight excluding hydrogens is 717 g/mol. The third-order valence-electron chi connectivity index (χ3n) is 8.85. The Morgan fingerprint density at radius 2 is 1.43 bits per heavy atom. The van der Waals surface area contributed by atoms with Crippen LogP contribution in [0.3, 0.4) is 0 Å². The second kappa shape index (κ2) is 16.5. The minimum absolute atomic E-state index is 0. The number of aliphatic imine (C=N–C) groups is 1. The topological polar surface area (TPSA) is 69.3 Å². The van der Waals surface area contributed by atoms with Gasteiger partial charge in [0.15, 0.2) is 0 Å². The van der Waals surface area contributed by atoms with Gasteiger partial charge in [0, 0.05) is 74.8 Å². The van der Waals surface area contributed by atoms with Crippen LogP contribution in [-0.2, 0) is 39.3 Å². The Balaban J connectivity index is 0.00000147. The van der Waals surface area contributed by atoms with Crippen LogP contribution in [0.1, 0.15) is 29.2 Å². The van der Waals surface area contributed by atoms with Gasteiger partial charge in [-0.25, -0.2) is 0 Å². The Kier molecular flexibility index (Phi) is 11.7. The molecule has 8 aromatic rings. The van der Waals surface area contributed by atoms with Crippen LogP contribution in [0.5, 0.6) is 0 Å². The van der Waals surface area contributed by atoms with Crippen LogP contribution in [0.4, 0.5) is 0 Å². The summed E-state index contributed by atoms with van der Waals surface area (Å²) in [4.78, 5) is 5.36. The standard InChI is InChI=1S/C45H33N2S.H4N2.Y/c1-3-4-6-15-31(2)33-18-13-20-36(28-33)47-41-24-11-9-21-37(41)40-29-34(26-27-42(40)47)44(32-16-7-5-8-17-32)46-30-35-19-14-23-39-38-22-10-12-25-43(38)48-45(35)39;1-2;/h3-27,29H,2,30H2,1H3;1-2H2;/q-1;;/b4-3-,15-6-,46-44?;;. The van der Waals surface area contributed by atoms with Gasteiger partial charge in [0.2, 0.25) is 0 Å². The summed E-state index contributed by atoms with van der Waals surface area (Å²) in [6.07, 6.45) is 8.06. The van der Waals surface area contributed by atoms with Crippen LogP contribution in [0, 0.1) is 6.07 Å². The van der Waals surface area contributed by atoms with Gasteiger partial charge in [-0.2, -0.15) is 0 Å². The van der Waals surface area contributed by atoms with Crippen LogP contribution in [0.15, 0.2) is 169 Å². The SMILES string of the molecule is C=C(/C=C\C=C/C)c1[c-]c(-n2c3ccccc3c3cc(C(=NCc4cccc5c4sc4ccccc45)c4ccccc4)ccc32)ccc1.NN.[Y]. The maximum Gasteiger partial charge on any atom is 0.0723 e. The summed E-state index contributed by atoms with van der Waals surface area (Å²) in [5.41, 5.74) is 9.60. The predicted octanol–water partition coefficient (Wildman–Crippen LogP) is 11.0. The van der Waals surface area contributed by atoms with Gasteiger partial charge in [-0.1, -0.05) is 115 Å². The fourth-order valence-electron chi connectivity index (χ4n) is 6.57. The zero-order chi connectivity index (χ0) is 34.5. The summed E-state index contributed by atoms with van der Waals surface area (Å²) >= 11 is 1.86. The Labute approximate surface area is 328 Å². The van der Waals surface area contributed by atoms with Crippen molar-refractivity contribution in [1.82, 2.24) is 4.57 Å². The Morgan fingerprint density at radius 1 is 0.725 bits per heavy atom. The minimum Gasteiger partial charge on any atom is -0.327 e. The second-order valence-corrected chi connectivity index (χ2v) is 12.9. The molecule has 0 unspecified atom stereocenters. The summed E-state index contributed by atoms with van der Waals surface area (Å²) < 4.78 is 4.93. The fraction of sp³-hybridized carbons (Fsp3) is 0.0444. The maximum atomic E-state index is 5.36. The number of hydrogen-bond donors (Lipinski definition) is 2. The van der Waals surface area contributed by atoms with Crippen LogP contribution in [0.2, 0.25) is 0 Å². The molecule has 1 radical (unpaired) electrons. The first-order valence-corrected chi connectivity index (χ1v) is 17.4. The van der Waals surface area contributed by atoms with Crippen molar-refractivity contribution in [1.29, 1.82) is 0 Å².